The van der Waals surface area contributed by atoms with E-state index in [0.717, 1.165) is 56.9 Å². The molecular weight excluding hydrogens is 548 g/mol. The maximum Gasteiger partial charge on any atom is 0.303 e. The van der Waals surface area contributed by atoms with E-state index in [1.807, 2.05) is 40.7 Å². The van der Waals surface area contributed by atoms with Crippen LogP contribution in [0.2, 0.25) is 0 Å². The number of carbonyl (C=O) groups is 4. The number of H-pyrrole nitrogens is 1. The van der Waals surface area contributed by atoms with Crippen molar-refractivity contribution >= 4 is 23.8 Å². The second-order valence-corrected chi connectivity index (χ2v) is 12.3. The summed E-state index contributed by atoms with van der Waals surface area (Å²) in [6.07, 6.45) is 5.46. The first-order valence-corrected chi connectivity index (χ1v) is 15.5. The van der Waals surface area contributed by atoms with Crippen LogP contribution in [0.4, 0.5) is 0 Å². The third kappa shape index (κ3) is 6.73. The monoisotopic (exact) mass is 594 g/mol. The third-order valence-corrected chi connectivity index (χ3v) is 9.80. The lowest BCUT2D eigenvalue weighted by molar-refractivity contribution is -0.138. The molecule has 43 heavy (non-hydrogen) atoms. The number of aromatic amines is 1. The number of carboxylic acid groups (broad SMARTS) is 2. The van der Waals surface area contributed by atoms with Gasteiger partial charge in [-0.15, -0.1) is 0 Å². The quantitative estimate of drug-likeness (QED) is 0.202. The average molecular weight is 595 g/mol. The van der Waals surface area contributed by atoms with Crippen molar-refractivity contribution in [3.8, 4) is 0 Å². The topological polar surface area (TPSA) is 161 Å². The maximum absolute atomic E-state index is 12.4. The Labute approximate surface area is 253 Å². The van der Waals surface area contributed by atoms with Gasteiger partial charge in [0.1, 0.15) is 0 Å². The van der Waals surface area contributed by atoms with E-state index in [9.17, 15) is 29.4 Å². The summed E-state index contributed by atoms with van der Waals surface area (Å²) in [6, 6.07) is -0.426. The van der Waals surface area contributed by atoms with E-state index in [4.69, 9.17) is 0 Å². The highest BCUT2D eigenvalue weighted by Crippen LogP contribution is 2.34. The molecule has 2 amide bonds. The Hall–Kier alpha value is -3.82. The Bertz CT molecular complexity index is 1400. The highest BCUT2D eigenvalue weighted by atomic mass is 16.4. The average Bonchev–Trinajstić information content (AvgIpc) is 3.59. The first-order chi connectivity index (χ1) is 20.4. The van der Waals surface area contributed by atoms with Crippen molar-refractivity contribution in [2.45, 2.75) is 111 Å². The second-order valence-electron chi connectivity index (χ2n) is 12.3. The van der Waals surface area contributed by atoms with E-state index in [-0.39, 0.29) is 54.6 Å². The SMILES string of the molecule is CCC1=C(C)C(/C=C2/NC(Cc3[nH]c(CC4NC(=O)[C@H](C)[C@H]4CC)c(C)c3CCC(=O)O)C(CCC(=O)O)=C2C)NC1=O. The fourth-order valence-electron chi connectivity index (χ4n) is 7.18. The summed E-state index contributed by atoms with van der Waals surface area (Å²) in [6.45, 7) is 12.0. The van der Waals surface area contributed by atoms with Gasteiger partial charge in [-0.05, 0) is 79.9 Å². The summed E-state index contributed by atoms with van der Waals surface area (Å²) < 4.78 is 0. The molecule has 5 atom stereocenters. The van der Waals surface area contributed by atoms with Gasteiger partial charge in [0.2, 0.25) is 11.8 Å². The van der Waals surface area contributed by atoms with Crippen LogP contribution in [-0.4, -0.2) is 57.1 Å². The van der Waals surface area contributed by atoms with E-state index in [1.54, 1.807) is 0 Å². The number of carbonyl (C=O) groups excluding carboxylic acids is 2. The zero-order chi connectivity index (χ0) is 31.6. The highest BCUT2D eigenvalue weighted by molar-refractivity contribution is 5.97. The number of amides is 2. The highest BCUT2D eigenvalue weighted by Gasteiger charge is 2.39. The summed E-state index contributed by atoms with van der Waals surface area (Å²) in [7, 11) is 0. The number of aromatic nitrogens is 1. The Morgan fingerprint density at radius 3 is 2.19 bits per heavy atom. The molecule has 4 heterocycles. The van der Waals surface area contributed by atoms with Crippen LogP contribution < -0.4 is 16.0 Å². The number of hydrogen-bond acceptors (Lipinski definition) is 5. The number of carboxylic acids is 2. The van der Waals surface area contributed by atoms with Crippen LogP contribution in [0.25, 0.3) is 0 Å². The molecule has 6 N–H and O–H groups in total. The van der Waals surface area contributed by atoms with Crippen LogP contribution in [-0.2, 0) is 38.4 Å². The zero-order valence-corrected chi connectivity index (χ0v) is 26.1. The summed E-state index contributed by atoms with van der Waals surface area (Å²) in [4.78, 5) is 51.6. The van der Waals surface area contributed by atoms with E-state index in [2.05, 4.69) is 27.9 Å². The van der Waals surface area contributed by atoms with Crippen molar-refractivity contribution in [2.24, 2.45) is 11.8 Å². The largest absolute Gasteiger partial charge is 0.481 e. The predicted octanol–water partition coefficient (Wildman–Crippen LogP) is 3.85. The molecule has 234 valence electrons. The van der Waals surface area contributed by atoms with Gasteiger partial charge in [-0.25, -0.2) is 0 Å². The van der Waals surface area contributed by atoms with Crippen molar-refractivity contribution in [2.75, 3.05) is 0 Å². The first kappa shape index (κ1) is 32.1. The summed E-state index contributed by atoms with van der Waals surface area (Å²) in [5, 5.41) is 28.7. The first-order valence-electron chi connectivity index (χ1n) is 15.5. The molecule has 3 unspecified atom stereocenters. The third-order valence-electron chi connectivity index (χ3n) is 9.80. The van der Waals surface area contributed by atoms with Gasteiger partial charge in [-0.2, -0.15) is 0 Å². The maximum atomic E-state index is 12.4. The molecule has 1 saturated heterocycles. The van der Waals surface area contributed by atoms with Crippen LogP contribution in [0.5, 0.6) is 0 Å². The van der Waals surface area contributed by atoms with Crippen molar-refractivity contribution < 1.29 is 29.4 Å². The Morgan fingerprint density at radius 1 is 0.907 bits per heavy atom. The molecule has 3 aliphatic rings. The van der Waals surface area contributed by atoms with Crippen LogP contribution >= 0.6 is 0 Å². The van der Waals surface area contributed by atoms with Crippen molar-refractivity contribution in [1.29, 1.82) is 0 Å². The number of nitrogens with one attached hydrogen (secondary N) is 4. The molecular formula is C33H46N4O6. The minimum absolute atomic E-state index is 0.00311. The lowest BCUT2D eigenvalue weighted by Crippen LogP contribution is -2.31. The van der Waals surface area contributed by atoms with E-state index in [1.165, 1.54) is 0 Å². The van der Waals surface area contributed by atoms with Gasteiger partial charge in [0.15, 0.2) is 0 Å². The fraction of sp³-hybridized carbons (Fsp3) is 0.576. The van der Waals surface area contributed by atoms with Gasteiger partial charge in [0.05, 0.1) is 12.1 Å². The van der Waals surface area contributed by atoms with Crippen LogP contribution in [0.3, 0.4) is 0 Å². The zero-order valence-electron chi connectivity index (χ0n) is 26.1. The Kier molecular flexibility index (Phi) is 9.87. The Balaban J connectivity index is 1.66. The molecule has 0 radical (unpaired) electrons. The number of aliphatic carboxylic acids is 2. The van der Waals surface area contributed by atoms with E-state index < -0.39 is 11.9 Å². The molecule has 1 fully saturated rings. The fourth-order valence-corrected chi connectivity index (χ4v) is 7.18. The standard InChI is InChI=1S/C33H46N4O6/c1-7-20-19(6)32(42)37-27(20)14-25-18(5)23(10-12-31(40)41)29(35-25)15-28-22(9-11-30(38)39)17(4)24(34-28)13-26-16(3)21(8-2)33(43)36-26/h13,19-20,26-28,34-35H,7-12,14-15H2,1-6H3,(H,36,43)(H,37,42)(H,38,39)(H,40,41)/b24-13+/t19-,20-,26?,27?,28?/m1/s1. The van der Waals surface area contributed by atoms with Gasteiger partial charge in [0.25, 0.3) is 0 Å². The molecule has 1 aromatic heterocycles. The second kappa shape index (κ2) is 13.2. The minimum Gasteiger partial charge on any atom is -0.481 e. The van der Waals surface area contributed by atoms with Gasteiger partial charge in [-0.1, -0.05) is 27.2 Å². The van der Waals surface area contributed by atoms with Gasteiger partial charge >= 0.3 is 11.9 Å². The molecule has 0 bridgehead atoms. The Morgan fingerprint density at radius 2 is 1.58 bits per heavy atom. The van der Waals surface area contributed by atoms with Crippen LogP contribution in [0.15, 0.2) is 34.1 Å². The van der Waals surface area contributed by atoms with E-state index >= 15 is 0 Å². The summed E-state index contributed by atoms with van der Waals surface area (Å²) >= 11 is 0. The van der Waals surface area contributed by atoms with Crippen molar-refractivity contribution in [1.82, 2.24) is 20.9 Å². The molecule has 0 saturated carbocycles. The molecule has 0 spiro atoms. The molecule has 0 aromatic carbocycles. The van der Waals surface area contributed by atoms with Crippen LogP contribution in [0, 0.1) is 18.8 Å². The molecule has 3 aliphatic heterocycles. The van der Waals surface area contributed by atoms with Gasteiger partial charge < -0.3 is 31.1 Å². The normalized spacial score (nSPS) is 26.4. The van der Waals surface area contributed by atoms with Gasteiger partial charge in [-0.3, -0.25) is 19.2 Å². The summed E-state index contributed by atoms with van der Waals surface area (Å²) in [5.41, 5.74) is 8.53. The molecule has 4 rings (SSSR count). The number of rotatable bonds is 13. The molecule has 10 nitrogen and oxygen atoms in total. The molecule has 0 aliphatic carbocycles. The van der Waals surface area contributed by atoms with Gasteiger partial charge in [0, 0.05) is 60.3 Å². The van der Waals surface area contributed by atoms with Crippen molar-refractivity contribution in [3.05, 3.63) is 56.6 Å². The number of allylic oxidation sites excluding steroid dienone is 1. The molecule has 10 heteroatoms. The van der Waals surface area contributed by atoms with Crippen LogP contribution in [0.1, 0.15) is 89.2 Å². The predicted molar refractivity (Wildman–Crippen MR) is 163 cm³/mol. The minimum atomic E-state index is -0.871. The molecule has 1 aromatic rings. The van der Waals surface area contributed by atoms with E-state index in [0.29, 0.717) is 32.1 Å². The summed E-state index contributed by atoms with van der Waals surface area (Å²) in [5.74, 6) is -1.55. The van der Waals surface area contributed by atoms with Crippen molar-refractivity contribution in [3.63, 3.8) is 0 Å². The smallest absolute Gasteiger partial charge is 0.303 e. The lowest BCUT2D eigenvalue weighted by Gasteiger charge is -2.19. The lowest BCUT2D eigenvalue weighted by atomic mass is 9.86. The number of hydrogen-bond donors (Lipinski definition) is 6.